The number of ether oxygens (including phenoxy) is 5. The van der Waals surface area contributed by atoms with Gasteiger partial charge in [0.25, 0.3) is 5.56 Å². The second kappa shape index (κ2) is 8.80. The number of fused-ring (bicyclic) bond motifs is 1. The average molecular weight is 421 g/mol. The lowest BCUT2D eigenvalue weighted by Gasteiger charge is -2.21. The van der Waals surface area contributed by atoms with Gasteiger partial charge in [-0.2, -0.15) is 0 Å². The second-order valence-electron chi connectivity index (χ2n) is 6.44. The van der Waals surface area contributed by atoms with Gasteiger partial charge in [0.05, 0.1) is 32.9 Å². The first-order chi connectivity index (χ1) is 14.4. The minimum absolute atomic E-state index is 0.0369. The fourth-order valence-electron chi connectivity index (χ4n) is 3.49. The van der Waals surface area contributed by atoms with Gasteiger partial charge in [0, 0.05) is 23.5 Å². The van der Waals surface area contributed by atoms with Gasteiger partial charge in [-0.3, -0.25) is 19.5 Å². The van der Waals surface area contributed by atoms with Crippen LogP contribution in [0.15, 0.2) is 10.9 Å². The predicted molar refractivity (Wildman–Crippen MR) is 103 cm³/mol. The van der Waals surface area contributed by atoms with E-state index in [2.05, 4.69) is 10.2 Å². The number of H-pyrrole nitrogens is 2. The van der Waals surface area contributed by atoms with Crippen molar-refractivity contribution in [3.8, 4) is 23.0 Å². The number of aromatic amines is 2. The van der Waals surface area contributed by atoms with Crippen LogP contribution in [-0.2, 0) is 20.7 Å². The van der Waals surface area contributed by atoms with Crippen molar-refractivity contribution in [3.63, 3.8) is 0 Å². The molecule has 30 heavy (non-hydrogen) atoms. The Bertz CT molecular complexity index is 1010. The number of carbonyl (C=O) groups is 2. The summed E-state index contributed by atoms with van der Waals surface area (Å²) in [5.74, 6) is -0.765. The SMILES string of the molecule is CCOC(=O)Cc1[nH][nH]c(=O)c1C(CC(N)=O)c1cc(OC)c2c(c1OC)OCO2. The van der Waals surface area contributed by atoms with Gasteiger partial charge in [-0.05, 0) is 13.0 Å². The Balaban J connectivity index is 2.18. The summed E-state index contributed by atoms with van der Waals surface area (Å²) in [6.45, 7) is 1.84. The van der Waals surface area contributed by atoms with Crippen LogP contribution >= 0.6 is 0 Å². The molecule has 0 aliphatic carbocycles. The summed E-state index contributed by atoms with van der Waals surface area (Å²) >= 11 is 0. The lowest BCUT2D eigenvalue weighted by molar-refractivity contribution is -0.142. The molecule has 1 aromatic heterocycles. The zero-order valence-corrected chi connectivity index (χ0v) is 16.8. The highest BCUT2D eigenvalue weighted by Gasteiger charge is 2.34. The standard InChI is InChI=1S/C19H23N3O8/c1-4-28-14(24)7-11-15(19(25)22-21-11)9(6-13(20)23)10-5-12(26-2)17-18(16(10)27-3)30-8-29-17/h5,9H,4,6-8H2,1-3H3,(H2,20,23)(H2,21,22,25). The molecule has 2 aromatic rings. The summed E-state index contributed by atoms with van der Waals surface area (Å²) in [5, 5.41) is 5.14. The molecule has 1 unspecified atom stereocenters. The Morgan fingerprint density at radius 2 is 1.93 bits per heavy atom. The Labute approximate surface area is 171 Å². The van der Waals surface area contributed by atoms with E-state index in [-0.39, 0.29) is 43.2 Å². The molecular formula is C19H23N3O8. The van der Waals surface area contributed by atoms with Gasteiger partial charge in [-0.25, -0.2) is 0 Å². The summed E-state index contributed by atoms with van der Waals surface area (Å²) in [7, 11) is 2.88. The molecule has 0 spiro atoms. The van der Waals surface area contributed by atoms with E-state index in [0.29, 0.717) is 22.8 Å². The molecule has 1 atom stereocenters. The number of esters is 1. The summed E-state index contributed by atoms with van der Waals surface area (Å²) in [6.07, 6.45) is -0.420. The van der Waals surface area contributed by atoms with Crippen molar-refractivity contribution in [3.05, 3.63) is 33.2 Å². The maximum Gasteiger partial charge on any atom is 0.311 e. The summed E-state index contributed by atoms with van der Waals surface area (Å²) in [4.78, 5) is 36.5. The van der Waals surface area contributed by atoms with Gasteiger partial charge in [0.1, 0.15) is 0 Å². The van der Waals surface area contributed by atoms with Crippen LogP contribution in [0.4, 0.5) is 0 Å². The molecule has 0 fully saturated rings. The van der Waals surface area contributed by atoms with Crippen LogP contribution in [0.25, 0.3) is 0 Å². The van der Waals surface area contributed by atoms with E-state index >= 15 is 0 Å². The Kier molecular flexibility index (Phi) is 6.19. The van der Waals surface area contributed by atoms with Crippen LogP contribution in [0, 0.1) is 0 Å². The van der Waals surface area contributed by atoms with Crippen molar-refractivity contribution in [1.29, 1.82) is 0 Å². The summed E-state index contributed by atoms with van der Waals surface area (Å²) in [5.41, 5.74) is 5.85. The molecule has 2 heterocycles. The van der Waals surface area contributed by atoms with Crippen molar-refractivity contribution in [2.75, 3.05) is 27.6 Å². The Morgan fingerprint density at radius 1 is 1.20 bits per heavy atom. The van der Waals surface area contributed by atoms with Crippen LogP contribution in [0.5, 0.6) is 23.0 Å². The number of nitrogens with one attached hydrogen (secondary N) is 2. The zero-order chi connectivity index (χ0) is 21.8. The predicted octanol–water partition coefficient (Wildman–Crippen LogP) is 0.562. The molecule has 1 amide bonds. The smallest absolute Gasteiger partial charge is 0.311 e. The number of amides is 1. The van der Waals surface area contributed by atoms with Gasteiger partial charge in [0.15, 0.2) is 11.5 Å². The van der Waals surface area contributed by atoms with E-state index in [0.717, 1.165) is 0 Å². The summed E-state index contributed by atoms with van der Waals surface area (Å²) in [6, 6.07) is 1.60. The van der Waals surface area contributed by atoms with Gasteiger partial charge < -0.3 is 34.5 Å². The molecule has 0 saturated heterocycles. The monoisotopic (exact) mass is 421 g/mol. The molecule has 162 valence electrons. The minimum Gasteiger partial charge on any atom is -0.493 e. The van der Waals surface area contributed by atoms with E-state index < -0.39 is 23.4 Å². The molecule has 4 N–H and O–H groups in total. The van der Waals surface area contributed by atoms with E-state index in [1.807, 2.05) is 0 Å². The highest BCUT2D eigenvalue weighted by molar-refractivity contribution is 5.77. The topological polar surface area (TPSA) is 155 Å². The molecule has 0 bridgehead atoms. The number of aromatic nitrogens is 2. The number of rotatable bonds is 9. The normalized spacial score (nSPS) is 13.0. The lowest BCUT2D eigenvalue weighted by Crippen LogP contribution is -2.22. The number of methoxy groups -OCH3 is 2. The average Bonchev–Trinajstić information content (AvgIpc) is 3.32. The molecule has 0 radical (unpaired) electrons. The molecule has 1 aliphatic rings. The molecule has 3 rings (SSSR count). The highest BCUT2D eigenvalue weighted by Crippen LogP contribution is 2.52. The third-order valence-corrected chi connectivity index (χ3v) is 4.67. The third kappa shape index (κ3) is 3.91. The third-order valence-electron chi connectivity index (χ3n) is 4.67. The largest absolute Gasteiger partial charge is 0.493 e. The second-order valence-corrected chi connectivity index (χ2v) is 6.44. The zero-order valence-electron chi connectivity index (χ0n) is 16.8. The van der Waals surface area contributed by atoms with Crippen molar-refractivity contribution in [2.45, 2.75) is 25.7 Å². The van der Waals surface area contributed by atoms with Crippen molar-refractivity contribution in [2.24, 2.45) is 5.73 Å². The first-order valence-electron chi connectivity index (χ1n) is 9.18. The number of nitrogens with two attached hydrogens (primary N) is 1. The molecule has 1 aromatic carbocycles. The van der Waals surface area contributed by atoms with Crippen LogP contribution in [0.2, 0.25) is 0 Å². The van der Waals surface area contributed by atoms with Crippen molar-refractivity contribution >= 4 is 11.9 Å². The fraction of sp³-hybridized carbons (Fsp3) is 0.421. The van der Waals surface area contributed by atoms with Crippen LogP contribution in [-0.4, -0.2) is 49.7 Å². The fourth-order valence-corrected chi connectivity index (χ4v) is 3.49. The van der Waals surface area contributed by atoms with Gasteiger partial charge >= 0.3 is 5.97 Å². The summed E-state index contributed by atoms with van der Waals surface area (Å²) < 4.78 is 26.8. The van der Waals surface area contributed by atoms with E-state index in [9.17, 15) is 14.4 Å². The maximum atomic E-state index is 12.6. The molecule has 11 heteroatoms. The van der Waals surface area contributed by atoms with Crippen LogP contribution in [0.1, 0.15) is 36.1 Å². The molecule has 1 aliphatic heterocycles. The van der Waals surface area contributed by atoms with Gasteiger partial charge in [-0.1, -0.05) is 0 Å². The van der Waals surface area contributed by atoms with E-state index in [1.165, 1.54) is 14.2 Å². The first-order valence-corrected chi connectivity index (χ1v) is 9.18. The highest BCUT2D eigenvalue weighted by atomic mass is 16.7. The van der Waals surface area contributed by atoms with Crippen LogP contribution in [0.3, 0.4) is 0 Å². The molecular weight excluding hydrogens is 398 g/mol. The minimum atomic E-state index is -0.847. The lowest BCUT2D eigenvalue weighted by atomic mass is 9.86. The van der Waals surface area contributed by atoms with E-state index in [4.69, 9.17) is 29.4 Å². The van der Waals surface area contributed by atoms with Crippen LogP contribution < -0.4 is 30.2 Å². The molecule has 0 saturated carbocycles. The quantitative estimate of drug-likeness (QED) is 0.496. The van der Waals surface area contributed by atoms with Crippen molar-refractivity contribution < 1.29 is 33.3 Å². The van der Waals surface area contributed by atoms with Gasteiger partial charge in [-0.15, -0.1) is 0 Å². The van der Waals surface area contributed by atoms with Crippen molar-refractivity contribution in [1.82, 2.24) is 10.2 Å². The Hall–Kier alpha value is -3.63. The van der Waals surface area contributed by atoms with Gasteiger partial charge in [0.2, 0.25) is 24.2 Å². The number of hydrogen-bond donors (Lipinski definition) is 3. The number of primary amides is 1. The maximum absolute atomic E-state index is 12.6. The number of carbonyl (C=O) groups excluding carboxylic acids is 2. The molecule has 11 nitrogen and oxygen atoms in total. The number of benzene rings is 1. The number of hydrogen-bond acceptors (Lipinski definition) is 8. The first kappa shape index (κ1) is 21.1. The van der Waals surface area contributed by atoms with E-state index in [1.54, 1.807) is 13.0 Å². The Morgan fingerprint density at radius 3 is 2.57 bits per heavy atom.